The van der Waals surface area contributed by atoms with Gasteiger partial charge in [0.25, 0.3) is 0 Å². The second-order valence-electron chi connectivity index (χ2n) is 4.94. The number of rotatable bonds is 4. The molecule has 0 bridgehead atoms. The lowest BCUT2D eigenvalue weighted by atomic mass is 10.2. The van der Waals surface area contributed by atoms with Gasteiger partial charge in [0.1, 0.15) is 6.23 Å². The van der Waals surface area contributed by atoms with Crippen molar-refractivity contribution in [2.45, 2.75) is 57.3 Å². The predicted molar refractivity (Wildman–Crippen MR) is 64.2 cm³/mol. The topological polar surface area (TPSA) is 79.0 Å². The first-order valence-electron chi connectivity index (χ1n) is 6.78. The van der Waals surface area contributed by atoms with Gasteiger partial charge in [-0.1, -0.05) is 18.1 Å². The Balaban J connectivity index is 1.71. The number of hydrogen-bond donors (Lipinski definition) is 2. The first kappa shape index (κ1) is 12.0. The number of ether oxygens (including phenoxy) is 1. The maximum absolute atomic E-state index is 5.83. The van der Waals surface area contributed by atoms with Crippen LogP contribution >= 0.6 is 0 Å². The van der Waals surface area contributed by atoms with Crippen molar-refractivity contribution >= 4 is 0 Å². The Morgan fingerprint density at radius 1 is 1.39 bits per heavy atom. The molecule has 0 amide bonds. The zero-order valence-corrected chi connectivity index (χ0v) is 10.7. The molecule has 2 unspecified atom stereocenters. The Bertz CT molecular complexity index is 364. The Hall–Kier alpha value is -1.05. The first-order valence-corrected chi connectivity index (χ1v) is 6.78. The molecule has 3 rings (SSSR count). The number of aromatic nitrogens is 4. The first-order chi connectivity index (χ1) is 8.88. The van der Waals surface area contributed by atoms with Gasteiger partial charge in [-0.25, -0.2) is 10.4 Å². The van der Waals surface area contributed by atoms with E-state index in [-0.39, 0.29) is 12.3 Å². The van der Waals surface area contributed by atoms with E-state index in [1.165, 1.54) is 25.7 Å². The molecule has 1 aromatic rings. The van der Waals surface area contributed by atoms with E-state index < -0.39 is 0 Å². The fraction of sp³-hybridized carbons (Fsp3) is 0.909. The average molecular weight is 252 g/mol. The molecule has 2 aliphatic rings. The Kier molecular flexibility index (Phi) is 3.53. The molecule has 0 radical (unpaired) electrons. The molecular formula is C11H20N6O. The van der Waals surface area contributed by atoms with E-state index >= 15 is 0 Å². The maximum Gasteiger partial charge on any atom is 0.192 e. The van der Waals surface area contributed by atoms with Crippen molar-refractivity contribution < 1.29 is 4.74 Å². The highest BCUT2D eigenvalue weighted by atomic mass is 16.5. The summed E-state index contributed by atoms with van der Waals surface area (Å²) in [5.74, 6) is 0.722. The Morgan fingerprint density at radius 2 is 2.22 bits per heavy atom. The van der Waals surface area contributed by atoms with Gasteiger partial charge in [-0.2, -0.15) is 5.21 Å². The third kappa shape index (κ3) is 2.25. The lowest BCUT2D eigenvalue weighted by Gasteiger charge is -2.29. The van der Waals surface area contributed by atoms with Crippen molar-refractivity contribution in [3.63, 3.8) is 0 Å². The van der Waals surface area contributed by atoms with Gasteiger partial charge in [-0.15, -0.1) is 10.2 Å². The van der Waals surface area contributed by atoms with Gasteiger partial charge in [0.15, 0.2) is 5.82 Å². The second kappa shape index (κ2) is 5.29. The fourth-order valence-electron chi connectivity index (χ4n) is 2.97. The molecule has 100 valence electrons. The van der Waals surface area contributed by atoms with Crippen LogP contribution in [0.1, 0.15) is 50.9 Å². The molecule has 18 heavy (non-hydrogen) atoms. The van der Waals surface area contributed by atoms with Crippen LogP contribution in [-0.2, 0) is 4.74 Å². The number of nitrogens with one attached hydrogen (secondary N) is 2. The van der Waals surface area contributed by atoms with E-state index in [0.29, 0.717) is 6.04 Å². The average Bonchev–Trinajstić information content (AvgIpc) is 3.11. The van der Waals surface area contributed by atoms with Gasteiger partial charge in [0.05, 0.1) is 6.04 Å². The summed E-state index contributed by atoms with van der Waals surface area (Å²) in [6.45, 7) is 2.77. The SMILES string of the molecule is CCOC1CC(c2nn[nH]n2)NN1C1CCCC1. The molecular weight excluding hydrogens is 232 g/mol. The van der Waals surface area contributed by atoms with Gasteiger partial charge < -0.3 is 4.74 Å². The number of hydrazine groups is 1. The summed E-state index contributed by atoms with van der Waals surface area (Å²) < 4.78 is 5.83. The van der Waals surface area contributed by atoms with Gasteiger partial charge >= 0.3 is 0 Å². The molecule has 1 aromatic heterocycles. The number of nitrogens with zero attached hydrogens (tertiary/aromatic N) is 4. The summed E-state index contributed by atoms with van der Waals surface area (Å²) in [6.07, 6.45) is 6.12. The second-order valence-corrected chi connectivity index (χ2v) is 4.94. The minimum absolute atomic E-state index is 0.112. The van der Waals surface area contributed by atoms with Gasteiger partial charge in [0, 0.05) is 19.1 Å². The van der Waals surface area contributed by atoms with E-state index in [9.17, 15) is 0 Å². The highest BCUT2D eigenvalue weighted by molar-refractivity contribution is 4.96. The molecule has 0 spiro atoms. The van der Waals surface area contributed by atoms with Crippen LogP contribution in [0.3, 0.4) is 0 Å². The molecule has 0 aromatic carbocycles. The maximum atomic E-state index is 5.83. The summed E-state index contributed by atoms with van der Waals surface area (Å²) in [7, 11) is 0. The van der Waals surface area contributed by atoms with E-state index in [0.717, 1.165) is 18.9 Å². The van der Waals surface area contributed by atoms with Crippen molar-refractivity contribution in [3.8, 4) is 0 Å². The zero-order chi connectivity index (χ0) is 12.4. The summed E-state index contributed by atoms with van der Waals surface area (Å²) in [4.78, 5) is 0. The van der Waals surface area contributed by atoms with Crippen LogP contribution in [0.25, 0.3) is 0 Å². The van der Waals surface area contributed by atoms with Crippen LogP contribution in [0.15, 0.2) is 0 Å². The van der Waals surface area contributed by atoms with E-state index in [4.69, 9.17) is 4.74 Å². The number of aromatic amines is 1. The number of H-pyrrole nitrogens is 1. The molecule has 7 nitrogen and oxygen atoms in total. The molecule has 1 aliphatic heterocycles. The molecule has 7 heteroatoms. The Labute approximate surface area is 106 Å². The van der Waals surface area contributed by atoms with Crippen molar-refractivity contribution in [1.82, 2.24) is 31.1 Å². The lowest BCUT2D eigenvalue weighted by Crippen LogP contribution is -2.45. The van der Waals surface area contributed by atoms with Crippen LogP contribution in [0, 0.1) is 0 Å². The van der Waals surface area contributed by atoms with Crippen molar-refractivity contribution in [3.05, 3.63) is 5.82 Å². The predicted octanol–water partition coefficient (Wildman–Crippen LogP) is 0.756. The third-order valence-corrected chi connectivity index (χ3v) is 3.80. The molecule has 2 atom stereocenters. The quantitative estimate of drug-likeness (QED) is 0.823. The molecule has 1 saturated carbocycles. The Morgan fingerprint density at radius 3 is 2.89 bits per heavy atom. The van der Waals surface area contributed by atoms with Gasteiger partial charge in [-0.05, 0) is 19.8 Å². The lowest BCUT2D eigenvalue weighted by molar-refractivity contribution is -0.0680. The summed E-state index contributed by atoms with van der Waals surface area (Å²) >= 11 is 0. The number of tetrazole rings is 1. The standard InChI is InChI=1S/C11H20N6O/c1-2-18-10-7-9(11-12-15-16-13-11)14-17(10)8-5-3-4-6-8/h8-10,14H,2-7H2,1H3,(H,12,13,15,16). The van der Waals surface area contributed by atoms with Crippen molar-refractivity contribution in [2.75, 3.05) is 6.61 Å². The van der Waals surface area contributed by atoms with E-state index in [1.54, 1.807) is 0 Å². The minimum atomic E-state index is 0.112. The largest absolute Gasteiger partial charge is 0.362 e. The van der Waals surface area contributed by atoms with Crippen LogP contribution in [0.4, 0.5) is 0 Å². The van der Waals surface area contributed by atoms with Crippen molar-refractivity contribution in [1.29, 1.82) is 0 Å². The monoisotopic (exact) mass is 252 g/mol. The normalized spacial score (nSPS) is 30.3. The molecule has 2 heterocycles. The number of hydrogen-bond acceptors (Lipinski definition) is 6. The molecule has 2 N–H and O–H groups in total. The highest BCUT2D eigenvalue weighted by Gasteiger charge is 2.39. The van der Waals surface area contributed by atoms with E-state index in [1.807, 2.05) is 6.92 Å². The smallest absolute Gasteiger partial charge is 0.192 e. The summed E-state index contributed by atoms with van der Waals surface area (Å²) in [5.41, 5.74) is 3.49. The molecule has 2 fully saturated rings. The molecule has 1 aliphatic carbocycles. The summed E-state index contributed by atoms with van der Waals surface area (Å²) in [5, 5.41) is 16.5. The van der Waals surface area contributed by atoms with E-state index in [2.05, 4.69) is 31.1 Å². The van der Waals surface area contributed by atoms with Crippen LogP contribution in [0.5, 0.6) is 0 Å². The van der Waals surface area contributed by atoms with Crippen LogP contribution in [0.2, 0.25) is 0 Å². The minimum Gasteiger partial charge on any atom is -0.362 e. The fourth-order valence-corrected chi connectivity index (χ4v) is 2.97. The van der Waals surface area contributed by atoms with Crippen molar-refractivity contribution in [2.24, 2.45) is 0 Å². The summed E-state index contributed by atoms with van der Waals surface area (Å²) in [6, 6.07) is 0.694. The van der Waals surface area contributed by atoms with Gasteiger partial charge in [-0.3, -0.25) is 0 Å². The zero-order valence-electron chi connectivity index (χ0n) is 10.7. The molecule has 1 saturated heterocycles. The van der Waals surface area contributed by atoms with Crippen LogP contribution < -0.4 is 5.43 Å². The van der Waals surface area contributed by atoms with Crippen LogP contribution in [-0.4, -0.2) is 44.5 Å². The third-order valence-electron chi connectivity index (χ3n) is 3.80. The highest BCUT2D eigenvalue weighted by Crippen LogP contribution is 2.32. The van der Waals surface area contributed by atoms with Gasteiger partial charge in [0.2, 0.25) is 0 Å².